The van der Waals surface area contributed by atoms with Crippen LogP contribution in [-0.4, -0.2) is 23.8 Å². The van der Waals surface area contributed by atoms with Gasteiger partial charge in [0.05, 0.1) is 5.60 Å². The van der Waals surface area contributed by atoms with E-state index in [-0.39, 0.29) is 5.41 Å². The first-order valence-corrected chi connectivity index (χ1v) is 6.00. The number of hydrogen-bond acceptors (Lipinski definition) is 2. The second-order valence-electron chi connectivity index (χ2n) is 5.93. The van der Waals surface area contributed by atoms with Gasteiger partial charge in [0.2, 0.25) is 0 Å². The Balaban J connectivity index is 2.70. The van der Waals surface area contributed by atoms with Gasteiger partial charge < -0.3 is 10.4 Å². The number of halogens is 2. The van der Waals surface area contributed by atoms with Crippen LogP contribution in [0.15, 0.2) is 18.2 Å². The van der Waals surface area contributed by atoms with E-state index in [4.69, 9.17) is 0 Å². The van der Waals surface area contributed by atoms with Gasteiger partial charge in [-0.3, -0.25) is 0 Å². The maximum Gasteiger partial charge on any atom is 0.159 e. The topological polar surface area (TPSA) is 32.3 Å². The molecule has 0 aliphatic carbocycles. The summed E-state index contributed by atoms with van der Waals surface area (Å²) in [6, 6.07) is 3.95. The van der Waals surface area contributed by atoms with Gasteiger partial charge in [-0.1, -0.05) is 19.9 Å². The number of nitrogens with one attached hydrogen (secondary N) is 1. The first-order valence-electron chi connectivity index (χ1n) is 6.00. The van der Waals surface area contributed by atoms with Crippen molar-refractivity contribution in [1.29, 1.82) is 0 Å². The minimum absolute atomic E-state index is 0.334. The van der Waals surface area contributed by atoms with E-state index >= 15 is 0 Å². The molecular formula is C14H21F2NO. The van der Waals surface area contributed by atoms with Crippen LogP contribution < -0.4 is 5.32 Å². The molecule has 0 aliphatic heterocycles. The Morgan fingerprint density at radius 3 is 2.17 bits per heavy atom. The maximum atomic E-state index is 13.2. The number of benzene rings is 1. The van der Waals surface area contributed by atoms with Crippen molar-refractivity contribution in [1.82, 2.24) is 5.32 Å². The van der Waals surface area contributed by atoms with Gasteiger partial charge in [-0.05, 0) is 31.5 Å². The predicted molar refractivity (Wildman–Crippen MR) is 68.6 cm³/mol. The molecule has 1 rings (SSSR count). The zero-order chi connectivity index (χ0) is 14.0. The van der Waals surface area contributed by atoms with Crippen LogP contribution >= 0.6 is 0 Å². The molecule has 4 heteroatoms. The molecule has 0 saturated heterocycles. The lowest BCUT2D eigenvalue weighted by Gasteiger charge is -2.28. The molecule has 1 aromatic rings. The van der Waals surface area contributed by atoms with Crippen molar-refractivity contribution in [3.63, 3.8) is 0 Å². The second kappa shape index (κ2) is 5.33. The Hall–Kier alpha value is -1.00. The summed E-state index contributed by atoms with van der Waals surface area (Å²) < 4.78 is 26.1. The fourth-order valence-corrected chi connectivity index (χ4v) is 1.70. The van der Waals surface area contributed by atoms with Gasteiger partial charge in [0, 0.05) is 18.5 Å². The zero-order valence-electron chi connectivity index (χ0n) is 11.3. The largest absolute Gasteiger partial charge is 0.389 e. The number of aliphatic hydroxyl groups is 1. The molecule has 0 spiro atoms. The molecule has 2 N–H and O–H groups in total. The summed E-state index contributed by atoms with van der Waals surface area (Å²) in [5, 5.41) is 12.7. The van der Waals surface area contributed by atoms with Crippen molar-refractivity contribution in [3.05, 3.63) is 35.4 Å². The predicted octanol–water partition coefficient (Wildman–Crippen LogP) is 2.60. The van der Waals surface area contributed by atoms with Crippen LogP contribution in [0.4, 0.5) is 8.78 Å². The normalized spacial score (nSPS) is 12.8. The maximum absolute atomic E-state index is 13.2. The highest BCUT2D eigenvalue weighted by Crippen LogP contribution is 2.24. The fourth-order valence-electron chi connectivity index (χ4n) is 1.70. The van der Waals surface area contributed by atoms with Crippen LogP contribution in [0.5, 0.6) is 0 Å². The fraction of sp³-hybridized carbons (Fsp3) is 0.571. The Morgan fingerprint density at radius 1 is 1.06 bits per heavy atom. The van der Waals surface area contributed by atoms with E-state index in [1.807, 2.05) is 13.8 Å². The first-order chi connectivity index (χ1) is 8.12. The van der Waals surface area contributed by atoms with Crippen molar-refractivity contribution in [2.75, 3.05) is 13.1 Å². The Labute approximate surface area is 107 Å². The Kier molecular flexibility index (Phi) is 4.46. The lowest BCUT2D eigenvalue weighted by molar-refractivity contribution is 0.0785. The molecular weight excluding hydrogens is 236 g/mol. The van der Waals surface area contributed by atoms with Gasteiger partial charge >= 0.3 is 0 Å². The van der Waals surface area contributed by atoms with Crippen LogP contribution in [0.25, 0.3) is 0 Å². The molecule has 0 bridgehead atoms. The van der Waals surface area contributed by atoms with E-state index in [2.05, 4.69) is 5.32 Å². The van der Waals surface area contributed by atoms with Crippen LogP contribution in [0.3, 0.4) is 0 Å². The lowest BCUT2D eigenvalue weighted by Crippen LogP contribution is -2.41. The summed E-state index contributed by atoms with van der Waals surface area (Å²) in [7, 11) is 0. The minimum atomic E-state index is -0.834. The highest BCUT2D eigenvalue weighted by molar-refractivity contribution is 5.25. The van der Waals surface area contributed by atoms with Crippen LogP contribution in [0.2, 0.25) is 0 Å². The third-order valence-corrected chi connectivity index (χ3v) is 2.83. The standard InChI is InChI=1S/C14H21F2NO/c1-13(2,8-17-9-14(3,4)18)10-5-6-11(15)12(16)7-10/h5-7,17-18H,8-9H2,1-4H3. The molecule has 0 fully saturated rings. The number of hydrogen-bond donors (Lipinski definition) is 2. The first kappa shape index (κ1) is 15.1. The smallest absolute Gasteiger partial charge is 0.159 e. The average Bonchev–Trinajstić information content (AvgIpc) is 2.19. The molecule has 2 nitrogen and oxygen atoms in total. The monoisotopic (exact) mass is 257 g/mol. The van der Waals surface area contributed by atoms with Crippen LogP contribution in [0, 0.1) is 11.6 Å². The van der Waals surface area contributed by atoms with Crippen LogP contribution in [-0.2, 0) is 5.41 Å². The quantitative estimate of drug-likeness (QED) is 0.850. The van der Waals surface area contributed by atoms with Crippen molar-refractivity contribution in [2.24, 2.45) is 0 Å². The Morgan fingerprint density at radius 2 is 1.67 bits per heavy atom. The average molecular weight is 257 g/mol. The van der Waals surface area contributed by atoms with Crippen molar-refractivity contribution >= 4 is 0 Å². The summed E-state index contributed by atoms with van der Waals surface area (Å²) >= 11 is 0. The second-order valence-corrected chi connectivity index (χ2v) is 5.93. The van der Waals surface area contributed by atoms with Gasteiger partial charge in [-0.25, -0.2) is 8.78 Å². The summed E-state index contributed by atoms with van der Waals surface area (Å²) in [5.41, 5.74) is -0.395. The molecule has 0 unspecified atom stereocenters. The van der Waals surface area contributed by atoms with Gasteiger partial charge in [0.1, 0.15) is 0 Å². The molecule has 0 saturated carbocycles. The van der Waals surface area contributed by atoms with Crippen molar-refractivity contribution in [2.45, 2.75) is 38.7 Å². The summed E-state index contributed by atoms with van der Waals surface area (Å²) in [6.07, 6.45) is 0. The molecule has 0 heterocycles. The minimum Gasteiger partial charge on any atom is -0.389 e. The van der Waals surface area contributed by atoms with E-state index in [1.54, 1.807) is 19.9 Å². The molecule has 0 aromatic heterocycles. The molecule has 102 valence electrons. The van der Waals surface area contributed by atoms with E-state index < -0.39 is 17.2 Å². The number of rotatable bonds is 5. The molecule has 1 aromatic carbocycles. The van der Waals surface area contributed by atoms with E-state index in [9.17, 15) is 13.9 Å². The summed E-state index contributed by atoms with van der Waals surface area (Å²) in [5.74, 6) is -1.66. The summed E-state index contributed by atoms with van der Waals surface area (Å²) in [4.78, 5) is 0. The SMILES string of the molecule is CC(C)(O)CNCC(C)(C)c1ccc(F)c(F)c1. The Bertz CT molecular complexity index is 411. The molecule has 0 atom stereocenters. The van der Waals surface area contributed by atoms with Gasteiger partial charge in [-0.2, -0.15) is 0 Å². The highest BCUT2D eigenvalue weighted by Gasteiger charge is 2.23. The lowest BCUT2D eigenvalue weighted by atomic mass is 9.84. The van der Waals surface area contributed by atoms with Gasteiger partial charge in [0.25, 0.3) is 0 Å². The third-order valence-electron chi connectivity index (χ3n) is 2.83. The summed E-state index contributed by atoms with van der Waals surface area (Å²) in [6.45, 7) is 8.32. The third kappa shape index (κ3) is 4.35. The molecule has 0 radical (unpaired) electrons. The highest BCUT2D eigenvalue weighted by atomic mass is 19.2. The van der Waals surface area contributed by atoms with E-state index in [1.165, 1.54) is 6.07 Å². The van der Waals surface area contributed by atoms with Crippen LogP contribution in [0.1, 0.15) is 33.3 Å². The zero-order valence-corrected chi connectivity index (χ0v) is 11.3. The van der Waals surface area contributed by atoms with Gasteiger partial charge in [0.15, 0.2) is 11.6 Å². The molecule has 0 amide bonds. The van der Waals surface area contributed by atoms with Crippen molar-refractivity contribution in [3.8, 4) is 0 Å². The van der Waals surface area contributed by atoms with E-state index in [0.29, 0.717) is 13.1 Å². The molecule has 18 heavy (non-hydrogen) atoms. The van der Waals surface area contributed by atoms with E-state index in [0.717, 1.165) is 11.6 Å². The molecule has 0 aliphatic rings. The van der Waals surface area contributed by atoms with Crippen molar-refractivity contribution < 1.29 is 13.9 Å². The van der Waals surface area contributed by atoms with Gasteiger partial charge in [-0.15, -0.1) is 0 Å².